The predicted molar refractivity (Wildman–Crippen MR) is 22.8 cm³/mol. The fourth-order valence-corrected chi connectivity index (χ4v) is 0. The SMILES string of the molecule is C=C([O-])N(C)C.[K+]. The molecule has 0 atom stereocenters. The zero-order valence-electron chi connectivity index (χ0n) is 5.06. The van der Waals surface area contributed by atoms with Crippen LogP contribution in [0.3, 0.4) is 0 Å². The maximum atomic E-state index is 9.96. The van der Waals surface area contributed by atoms with Crippen molar-refractivity contribution in [2.75, 3.05) is 14.1 Å². The van der Waals surface area contributed by atoms with Crippen LogP contribution in [0, 0.1) is 0 Å². The number of rotatable bonds is 1. The molecular formula is C4H8KNO. The summed E-state index contributed by atoms with van der Waals surface area (Å²) in [4.78, 5) is 1.42. The maximum absolute atomic E-state index is 9.96. The molecule has 3 heteroatoms. The van der Waals surface area contributed by atoms with Gasteiger partial charge in [0.1, 0.15) is 0 Å². The Morgan fingerprint density at radius 3 is 1.71 bits per heavy atom. The molecule has 0 aromatic rings. The summed E-state index contributed by atoms with van der Waals surface area (Å²) in [7, 11) is 3.32. The van der Waals surface area contributed by atoms with Gasteiger partial charge in [-0.3, -0.25) is 0 Å². The van der Waals surface area contributed by atoms with Crippen molar-refractivity contribution >= 4 is 0 Å². The van der Waals surface area contributed by atoms with Crippen LogP contribution >= 0.6 is 0 Å². The van der Waals surface area contributed by atoms with Crippen LogP contribution in [0.5, 0.6) is 0 Å². The molecule has 0 saturated carbocycles. The Kier molecular flexibility index (Phi) is 7.95. The van der Waals surface area contributed by atoms with Crippen molar-refractivity contribution in [3.8, 4) is 0 Å². The van der Waals surface area contributed by atoms with Crippen LogP contribution < -0.4 is 56.5 Å². The summed E-state index contributed by atoms with van der Waals surface area (Å²) < 4.78 is 0. The van der Waals surface area contributed by atoms with E-state index >= 15 is 0 Å². The molecule has 0 aromatic carbocycles. The second-order valence-corrected chi connectivity index (χ2v) is 1.29. The Morgan fingerprint density at radius 2 is 1.71 bits per heavy atom. The Hall–Kier alpha value is 0.976. The fourth-order valence-electron chi connectivity index (χ4n) is 0. The molecule has 0 saturated heterocycles. The first kappa shape index (κ1) is 10.9. The Balaban J connectivity index is 0. The van der Waals surface area contributed by atoms with Gasteiger partial charge < -0.3 is 10.0 Å². The molecule has 0 rings (SSSR count). The van der Waals surface area contributed by atoms with Crippen molar-refractivity contribution in [1.82, 2.24) is 4.90 Å². The quantitative estimate of drug-likeness (QED) is 0.267. The van der Waals surface area contributed by atoms with E-state index in [0.717, 1.165) is 0 Å². The van der Waals surface area contributed by atoms with Gasteiger partial charge in [-0.2, -0.15) is 0 Å². The van der Waals surface area contributed by atoms with Gasteiger partial charge in [-0.1, -0.05) is 12.5 Å². The summed E-state index contributed by atoms with van der Waals surface area (Å²) in [5.74, 6) is -0.157. The molecule has 2 nitrogen and oxygen atoms in total. The zero-order chi connectivity index (χ0) is 5.15. The normalized spacial score (nSPS) is 6.57. The van der Waals surface area contributed by atoms with Gasteiger partial charge in [-0.25, -0.2) is 0 Å². The molecule has 0 spiro atoms. The van der Waals surface area contributed by atoms with E-state index < -0.39 is 0 Å². The van der Waals surface area contributed by atoms with E-state index in [1.807, 2.05) is 0 Å². The maximum Gasteiger partial charge on any atom is 1.00 e. The minimum Gasteiger partial charge on any atom is -0.861 e. The molecule has 0 aliphatic rings. The van der Waals surface area contributed by atoms with Crippen LogP contribution in [0.25, 0.3) is 0 Å². The summed E-state index contributed by atoms with van der Waals surface area (Å²) >= 11 is 0. The number of hydrogen-bond acceptors (Lipinski definition) is 2. The molecule has 0 amide bonds. The van der Waals surface area contributed by atoms with E-state index in [0.29, 0.717) is 0 Å². The van der Waals surface area contributed by atoms with Gasteiger partial charge in [-0.15, -0.1) is 0 Å². The van der Waals surface area contributed by atoms with Crippen molar-refractivity contribution < 1.29 is 56.5 Å². The second-order valence-electron chi connectivity index (χ2n) is 1.29. The van der Waals surface area contributed by atoms with Crippen molar-refractivity contribution in [2.24, 2.45) is 0 Å². The van der Waals surface area contributed by atoms with Crippen LogP contribution in [0.4, 0.5) is 0 Å². The Morgan fingerprint density at radius 1 is 1.57 bits per heavy atom. The Bertz CT molecular complexity index is 62.7. The minimum atomic E-state index is -0.157. The predicted octanol–water partition coefficient (Wildman–Crippen LogP) is -3.62. The molecule has 0 aliphatic heterocycles. The third-order valence-corrected chi connectivity index (χ3v) is 0.499. The van der Waals surface area contributed by atoms with Crippen molar-refractivity contribution in [3.63, 3.8) is 0 Å². The molecule has 0 fully saturated rings. The van der Waals surface area contributed by atoms with Crippen molar-refractivity contribution in [2.45, 2.75) is 0 Å². The molecule has 0 aliphatic carbocycles. The summed E-state index contributed by atoms with van der Waals surface area (Å²) in [6.07, 6.45) is 0. The van der Waals surface area contributed by atoms with Gasteiger partial charge in [0, 0.05) is 14.1 Å². The summed E-state index contributed by atoms with van der Waals surface area (Å²) in [5, 5.41) is 9.96. The van der Waals surface area contributed by atoms with E-state index in [-0.39, 0.29) is 57.3 Å². The smallest absolute Gasteiger partial charge is 0.861 e. The third kappa shape index (κ3) is 6.98. The standard InChI is InChI=1S/C4H9NO.K/c1-4(6)5(2)3;/h6H,1H2,2-3H3;/q;+1/p-1. The monoisotopic (exact) mass is 125 g/mol. The molecule has 0 N–H and O–H groups in total. The van der Waals surface area contributed by atoms with Crippen molar-refractivity contribution in [3.05, 3.63) is 12.5 Å². The van der Waals surface area contributed by atoms with E-state index in [9.17, 15) is 5.11 Å². The van der Waals surface area contributed by atoms with E-state index in [1.165, 1.54) is 4.90 Å². The minimum absolute atomic E-state index is 0. The molecular weight excluding hydrogens is 117 g/mol. The average molecular weight is 125 g/mol. The fraction of sp³-hybridized carbons (Fsp3) is 0.500. The molecule has 0 radical (unpaired) electrons. The van der Waals surface area contributed by atoms with Gasteiger partial charge in [-0.05, 0) is 0 Å². The first-order valence-electron chi connectivity index (χ1n) is 1.68. The summed E-state index contributed by atoms with van der Waals surface area (Å²) in [6, 6.07) is 0. The van der Waals surface area contributed by atoms with Gasteiger partial charge in [0.05, 0.1) is 0 Å². The van der Waals surface area contributed by atoms with Gasteiger partial charge in [0.25, 0.3) is 0 Å². The van der Waals surface area contributed by atoms with Gasteiger partial charge >= 0.3 is 51.4 Å². The molecule has 0 aromatic heterocycles. The number of hydrogen-bond donors (Lipinski definition) is 0. The first-order valence-corrected chi connectivity index (χ1v) is 1.68. The summed E-state index contributed by atoms with van der Waals surface area (Å²) in [5.41, 5.74) is 0. The van der Waals surface area contributed by atoms with Gasteiger partial charge in [0.15, 0.2) is 0 Å². The van der Waals surface area contributed by atoms with Crippen molar-refractivity contribution in [1.29, 1.82) is 0 Å². The number of nitrogens with zero attached hydrogens (tertiary/aromatic N) is 1. The second kappa shape index (κ2) is 5.12. The van der Waals surface area contributed by atoms with E-state index in [2.05, 4.69) is 6.58 Å². The molecule has 36 valence electrons. The van der Waals surface area contributed by atoms with E-state index in [4.69, 9.17) is 0 Å². The molecule has 0 unspecified atom stereocenters. The topological polar surface area (TPSA) is 26.3 Å². The summed E-state index contributed by atoms with van der Waals surface area (Å²) in [6.45, 7) is 3.12. The van der Waals surface area contributed by atoms with Gasteiger partial charge in [0.2, 0.25) is 0 Å². The third-order valence-electron chi connectivity index (χ3n) is 0.499. The largest absolute Gasteiger partial charge is 1.00 e. The molecule has 0 heterocycles. The van der Waals surface area contributed by atoms with Crippen LogP contribution in [0.2, 0.25) is 0 Å². The molecule has 7 heavy (non-hydrogen) atoms. The average Bonchev–Trinajstić information content (AvgIpc) is 1.36. The van der Waals surface area contributed by atoms with Crippen LogP contribution in [0.1, 0.15) is 0 Å². The zero-order valence-corrected chi connectivity index (χ0v) is 8.19. The Labute approximate surface area is 86.6 Å². The molecule has 0 bridgehead atoms. The van der Waals surface area contributed by atoms with Crippen LogP contribution in [-0.2, 0) is 0 Å². The van der Waals surface area contributed by atoms with Crippen LogP contribution in [0.15, 0.2) is 12.5 Å². The first-order chi connectivity index (χ1) is 2.64. The van der Waals surface area contributed by atoms with Crippen LogP contribution in [-0.4, -0.2) is 19.0 Å². The van der Waals surface area contributed by atoms with E-state index in [1.54, 1.807) is 14.1 Å².